The lowest BCUT2D eigenvalue weighted by atomic mass is 9.93. The molecule has 2 aromatic heterocycles. The molecule has 0 spiro atoms. The van der Waals surface area contributed by atoms with Crippen LogP contribution >= 0.6 is 0 Å². The van der Waals surface area contributed by atoms with Crippen LogP contribution in [0.4, 0.5) is 0 Å². The maximum absolute atomic E-state index is 12.7. The van der Waals surface area contributed by atoms with Gasteiger partial charge in [0, 0.05) is 31.5 Å². The van der Waals surface area contributed by atoms with Crippen LogP contribution in [0.25, 0.3) is 0 Å². The summed E-state index contributed by atoms with van der Waals surface area (Å²) >= 11 is 0. The van der Waals surface area contributed by atoms with Crippen molar-refractivity contribution in [2.45, 2.75) is 51.7 Å². The van der Waals surface area contributed by atoms with Gasteiger partial charge in [-0.3, -0.25) is 19.6 Å². The molecule has 1 atom stereocenters. The Bertz CT molecular complexity index is 783. The number of aromatic nitrogens is 1. The summed E-state index contributed by atoms with van der Waals surface area (Å²) in [6, 6.07) is 8.63. The van der Waals surface area contributed by atoms with Crippen molar-refractivity contribution in [2.75, 3.05) is 26.2 Å². The second-order valence-corrected chi connectivity index (χ2v) is 8.43. The number of carbonyl (C=O) groups excluding carboxylic acids is 1. The van der Waals surface area contributed by atoms with Crippen LogP contribution in [-0.4, -0.2) is 52.9 Å². The van der Waals surface area contributed by atoms with Crippen LogP contribution in [0.2, 0.25) is 0 Å². The molecule has 29 heavy (non-hydrogen) atoms. The summed E-state index contributed by atoms with van der Waals surface area (Å²) in [4.78, 5) is 22.0. The molecule has 2 saturated heterocycles. The van der Waals surface area contributed by atoms with Gasteiger partial charge in [0.05, 0.1) is 12.5 Å². The lowest BCUT2D eigenvalue weighted by Gasteiger charge is -2.42. The summed E-state index contributed by atoms with van der Waals surface area (Å²) in [5.74, 6) is 1.96. The fraction of sp³-hybridized carbons (Fsp3) is 0.565. The summed E-state index contributed by atoms with van der Waals surface area (Å²) in [6.07, 6.45) is 8.24. The van der Waals surface area contributed by atoms with Gasteiger partial charge in [0.2, 0.25) is 5.91 Å². The van der Waals surface area contributed by atoms with Gasteiger partial charge >= 0.3 is 0 Å². The Balaban J connectivity index is 1.23. The van der Waals surface area contributed by atoms with E-state index in [9.17, 15) is 4.79 Å². The first-order chi connectivity index (χ1) is 14.2. The van der Waals surface area contributed by atoms with E-state index in [-0.39, 0.29) is 11.8 Å². The number of nitrogens with zero attached hydrogens (tertiary/aromatic N) is 3. The monoisotopic (exact) mass is 396 g/mol. The minimum absolute atomic E-state index is 0.0910. The molecule has 0 bridgehead atoms. The van der Waals surface area contributed by atoms with Crippen molar-refractivity contribution in [3.05, 3.63) is 53.7 Å². The average molecular weight is 397 g/mol. The molecule has 0 unspecified atom stereocenters. The molecular formula is C23H32N4O2. The third-order valence-corrected chi connectivity index (χ3v) is 6.26. The van der Waals surface area contributed by atoms with Gasteiger partial charge in [-0.05, 0) is 76.0 Å². The summed E-state index contributed by atoms with van der Waals surface area (Å²) in [6.45, 7) is 7.63. The minimum Gasteiger partial charge on any atom is -0.465 e. The molecule has 156 valence electrons. The molecule has 2 fully saturated rings. The van der Waals surface area contributed by atoms with Crippen molar-refractivity contribution < 1.29 is 9.21 Å². The number of amides is 1. The molecule has 6 heteroatoms. The van der Waals surface area contributed by atoms with E-state index in [0.717, 1.165) is 57.1 Å². The van der Waals surface area contributed by atoms with Crippen molar-refractivity contribution >= 4 is 5.91 Å². The molecule has 0 aromatic carbocycles. The second-order valence-electron chi connectivity index (χ2n) is 8.43. The molecule has 6 nitrogen and oxygen atoms in total. The molecule has 0 saturated carbocycles. The number of hydrogen-bond donors (Lipinski definition) is 1. The second kappa shape index (κ2) is 9.55. The smallest absolute Gasteiger partial charge is 0.224 e. The van der Waals surface area contributed by atoms with Gasteiger partial charge in [0.1, 0.15) is 11.5 Å². The zero-order chi connectivity index (χ0) is 20.1. The predicted molar refractivity (Wildman–Crippen MR) is 112 cm³/mol. The summed E-state index contributed by atoms with van der Waals surface area (Å²) in [5.41, 5.74) is 1.28. The standard InChI is InChI=1S/C23H32N4O2/c1-18-6-7-22(29-18)15-25-23(28)20-5-3-11-27(17-20)21-8-12-26(13-9-21)16-19-4-2-10-24-14-19/h2,4,6-7,10,14,20-21H,3,5,8-9,11-13,15-17H2,1H3,(H,25,28)/t20-/m1/s1. The van der Waals surface area contributed by atoms with Crippen molar-refractivity contribution in [2.24, 2.45) is 5.92 Å². The van der Waals surface area contributed by atoms with Crippen LogP contribution in [0.3, 0.4) is 0 Å². The average Bonchev–Trinajstić information content (AvgIpc) is 3.18. The number of aryl methyl sites for hydroxylation is 1. The van der Waals surface area contributed by atoms with Crippen molar-refractivity contribution in [1.82, 2.24) is 20.1 Å². The van der Waals surface area contributed by atoms with Gasteiger partial charge in [-0.1, -0.05) is 6.07 Å². The fourth-order valence-corrected chi connectivity index (χ4v) is 4.64. The Kier molecular flexibility index (Phi) is 6.62. The molecule has 0 aliphatic carbocycles. The Morgan fingerprint density at radius 2 is 2.07 bits per heavy atom. The number of pyridine rings is 1. The van der Waals surface area contributed by atoms with E-state index in [2.05, 4.69) is 26.2 Å². The third kappa shape index (κ3) is 5.46. The number of piperidine rings is 2. The number of likely N-dealkylation sites (tertiary alicyclic amines) is 2. The Morgan fingerprint density at radius 1 is 1.21 bits per heavy atom. The molecule has 1 amide bonds. The number of rotatable bonds is 6. The van der Waals surface area contributed by atoms with Gasteiger partial charge in [-0.2, -0.15) is 0 Å². The van der Waals surface area contributed by atoms with Gasteiger partial charge in [-0.15, -0.1) is 0 Å². The molecular weight excluding hydrogens is 364 g/mol. The highest BCUT2D eigenvalue weighted by molar-refractivity contribution is 5.78. The van der Waals surface area contributed by atoms with E-state index in [0.29, 0.717) is 12.6 Å². The van der Waals surface area contributed by atoms with Gasteiger partial charge in [0.15, 0.2) is 0 Å². The lowest BCUT2D eigenvalue weighted by Crippen LogP contribution is -2.50. The van der Waals surface area contributed by atoms with Gasteiger partial charge in [0.25, 0.3) is 0 Å². The van der Waals surface area contributed by atoms with Crippen molar-refractivity contribution in [3.63, 3.8) is 0 Å². The van der Waals surface area contributed by atoms with E-state index in [4.69, 9.17) is 4.42 Å². The van der Waals surface area contributed by atoms with E-state index in [1.165, 1.54) is 18.4 Å². The van der Waals surface area contributed by atoms with E-state index >= 15 is 0 Å². The molecule has 4 heterocycles. The first-order valence-electron chi connectivity index (χ1n) is 10.9. The zero-order valence-corrected chi connectivity index (χ0v) is 17.3. The van der Waals surface area contributed by atoms with Crippen LogP contribution < -0.4 is 5.32 Å². The Morgan fingerprint density at radius 3 is 2.79 bits per heavy atom. The maximum atomic E-state index is 12.7. The quantitative estimate of drug-likeness (QED) is 0.813. The highest BCUT2D eigenvalue weighted by Gasteiger charge is 2.31. The predicted octanol–water partition coefficient (Wildman–Crippen LogP) is 2.98. The SMILES string of the molecule is Cc1ccc(CNC(=O)[C@@H]2CCCN(C3CCN(Cc4cccnc4)CC3)C2)o1. The Labute approximate surface area is 173 Å². The number of carbonyl (C=O) groups is 1. The molecule has 2 aliphatic rings. The molecule has 0 radical (unpaired) electrons. The summed E-state index contributed by atoms with van der Waals surface area (Å²) in [5, 5.41) is 3.07. The molecule has 1 N–H and O–H groups in total. The molecule has 2 aliphatic heterocycles. The lowest BCUT2D eigenvalue weighted by molar-refractivity contribution is -0.127. The zero-order valence-electron chi connectivity index (χ0n) is 17.3. The summed E-state index contributed by atoms with van der Waals surface area (Å²) < 4.78 is 5.56. The highest BCUT2D eigenvalue weighted by atomic mass is 16.3. The fourth-order valence-electron chi connectivity index (χ4n) is 4.64. The maximum Gasteiger partial charge on any atom is 0.224 e. The Hall–Kier alpha value is -2.18. The normalized spacial score (nSPS) is 21.9. The first kappa shape index (κ1) is 20.1. The molecule has 2 aromatic rings. The van der Waals surface area contributed by atoms with Gasteiger partial charge < -0.3 is 9.73 Å². The number of furan rings is 1. The summed E-state index contributed by atoms with van der Waals surface area (Å²) in [7, 11) is 0. The van der Waals surface area contributed by atoms with E-state index in [1.807, 2.05) is 37.5 Å². The van der Waals surface area contributed by atoms with Crippen molar-refractivity contribution in [1.29, 1.82) is 0 Å². The first-order valence-corrected chi connectivity index (χ1v) is 10.9. The number of hydrogen-bond acceptors (Lipinski definition) is 5. The van der Waals surface area contributed by atoms with E-state index in [1.54, 1.807) is 0 Å². The van der Waals surface area contributed by atoms with Gasteiger partial charge in [-0.25, -0.2) is 0 Å². The number of nitrogens with one attached hydrogen (secondary N) is 1. The van der Waals surface area contributed by atoms with Crippen LogP contribution in [-0.2, 0) is 17.9 Å². The highest BCUT2D eigenvalue weighted by Crippen LogP contribution is 2.25. The van der Waals surface area contributed by atoms with Crippen LogP contribution in [0.5, 0.6) is 0 Å². The van der Waals surface area contributed by atoms with Crippen LogP contribution in [0.1, 0.15) is 42.8 Å². The van der Waals surface area contributed by atoms with Crippen molar-refractivity contribution in [3.8, 4) is 0 Å². The largest absolute Gasteiger partial charge is 0.465 e. The van der Waals surface area contributed by atoms with Crippen LogP contribution in [0.15, 0.2) is 41.1 Å². The van der Waals surface area contributed by atoms with Crippen LogP contribution in [0, 0.1) is 12.8 Å². The third-order valence-electron chi connectivity index (χ3n) is 6.26. The topological polar surface area (TPSA) is 61.6 Å². The molecule has 4 rings (SSSR count). The van der Waals surface area contributed by atoms with E-state index < -0.39 is 0 Å². The minimum atomic E-state index is 0.0910.